The molecule has 26 heavy (non-hydrogen) atoms. The largest absolute Gasteiger partial charge is 0.448 e. The summed E-state index contributed by atoms with van der Waals surface area (Å²) in [5, 5.41) is 4.16. The number of likely N-dealkylation sites (tertiary alicyclic amines) is 1. The van der Waals surface area contributed by atoms with Crippen molar-refractivity contribution in [2.75, 3.05) is 13.1 Å². The van der Waals surface area contributed by atoms with Crippen LogP contribution in [-0.4, -0.2) is 33.1 Å². The van der Waals surface area contributed by atoms with Crippen molar-refractivity contribution in [3.05, 3.63) is 54.1 Å². The first-order valence-corrected chi connectivity index (χ1v) is 9.24. The molecule has 2 aromatic heterocycles. The number of aromatic nitrogens is 3. The van der Waals surface area contributed by atoms with E-state index in [4.69, 9.17) is 8.94 Å². The first-order chi connectivity index (χ1) is 12.7. The molecule has 0 bridgehead atoms. The summed E-state index contributed by atoms with van der Waals surface area (Å²) in [6.07, 6.45) is 3.96. The van der Waals surface area contributed by atoms with Gasteiger partial charge in [0.15, 0.2) is 5.89 Å². The maximum atomic E-state index is 5.57. The number of benzene rings is 1. The van der Waals surface area contributed by atoms with Gasteiger partial charge in [-0.05, 0) is 19.4 Å². The van der Waals surface area contributed by atoms with E-state index in [1.807, 2.05) is 30.3 Å². The minimum atomic E-state index is 0.269. The summed E-state index contributed by atoms with van der Waals surface area (Å²) >= 11 is 0. The van der Waals surface area contributed by atoms with Gasteiger partial charge in [-0.2, -0.15) is 4.98 Å². The minimum absolute atomic E-state index is 0.269. The maximum absolute atomic E-state index is 5.57. The topological polar surface area (TPSA) is 68.2 Å². The molecule has 0 radical (unpaired) electrons. The Balaban J connectivity index is 1.42. The monoisotopic (exact) mass is 352 g/mol. The summed E-state index contributed by atoms with van der Waals surface area (Å²) in [4.78, 5) is 11.6. The number of piperidine rings is 1. The zero-order valence-electron chi connectivity index (χ0n) is 15.3. The molecule has 0 aliphatic carbocycles. The highest BCUT2D eigenvalue weighted by Gasteiger charge is 2.27. The van der Waals surface area contributed by atoms with Crippen LogP contribution in [0.1, 0.15) is 56.0 Å². The Bertz CT molecular complexity index is 840. The Labute approximate surface area is 153 Å². The van der Waals surface area contributed by atoms with Crippen molar-refractivity contribution < 1.29 is 8.94 Å². The van der Waals surface area contributed by atoms with E-state index in [9.17, 15) is 0 Å². The fraction of sp³-hybridized carbons (Fsp3) is 0.450. The Morgan fingerprint density at radius 2 is 2.04 bits per heavy atom. The Hall–Kier alpha value is -2.47. The summed E-state index contributed by atoms with van der Waals surface area (Å²) in [7, 11) is 0. The predicted octanol–water partition coefficient (Wildman–Crippen LogP) is 4.23. The fourth-order valence-electron chi connectivity index (χ4n) is 3.40. The normalized spacial score (nSPS) is 18.5. The lowest BCUT2D eigenvalue weighted by Crippen LogP contribution is -2.34. The molecular formula is C20H24N4O2. The van der Waals surface area contributed by atoms with Gasteiger partial charge in [0, 0.05) is 24.6 Å². The number of oxazole rings is 1. The van der Waals surface area contributed by atoms with Crippen LogP contribution in [0, 0.1) is 0 Å². The summed E-state index contributed by atoms with van der Waals surface area (Å²) in [6.45, 7) is 6.94. The van der Waals surface area contributed by atoms with Gasteiger partial charge in [-0.3, -0.25) is 4.90 Å². The van der Waals surface area contributed by atoms with Crippen molar-refractivity contribution in [2.24, 2.45) is 0 Å². The van der Waals surface area contributed by atoms with E-state index in [2.05, 4.69) is 33.9 Å². The Morgan fingerprint density at radius 1 is 1.19 bits per heavy atom. The van der Waals surface area contributed by atoms with Crippen LogP contribution >= 0.6 is 0 Å². The average molecular weight is 352 g/mol. The number of nitrogens with zero attached hydrogens (tertiary/aromatic N) is 4. The first kappa shape index (κ1) is 17.0. The number of hydrogen-bond donors (Lipinski definition) is 0. The molecule has 6 heteroatoms. The summed E-state index contributed by atoms with van der Waals surface area (Å²) in [5.41, 5.74) is 1.98. The molecule has 1 atom stereocenters. The fourth-order valence-corrected chi connectivity index (χ4v) is 3.40. The lowest BCUT2D eigenvalue weighted by molar-refractivity contribution is 0.178. The maximum Gasteiger partial charge on any atom is 0.231 e. The molecule has 0 N–H and O–H groups in total. The standard InChI is InChI=1S/C20H24N4O2/c1-14(2)19-21-17(13-25-19)12-24-10-6-9-16(11-24)20-22-18(23-26-20)15-7-4-3-5-8-15/h3-5,7-8,13-14,16H,6,9-12H2,1-2H3. The van der Waals surface area contributed by atoms with Gasteiger partial charge >= 0.3 is 0 Å². The number of hydrogen-bond acceptors (Lipinski definition) is 6. The van der Waals surface area contributed by atoms with Crippen LogP contribution in [0.2, 0.25) is 0 Å². The molecule has 1 saturated heterocycles. The van der Waals surface area contributed by atoms with E-state index in [0.717, 1.165) is 55.5 Å². The van der Waals surface area contributed by atoms with Crippen LogP contribution in [0.25, 0.3) is 11.4 Å². The van der Waals surface area contributed by atoms with Crippen molar-refractivity contribution in [1.82, 2.24) is 20.0 Å². The molecule has 0 saturated carbocycles. The van der Waals surface area contributed by atoms with Gasteiger partial charge in [-0.25, -0.2) is 4.98 Å². The van der Waals surface area contributed by atoms with Gasteiger partial charge in [-0.15, -0.1) is 0 Å². The molecule has 0 spiro atoms. The minimum Gasteiger partial charge on any atom is -0.448 e. The van der Waals surface area contributed by atoms with Gasteiger partial charge in [0.2, 0.25) is 11.7 Å². The molecular weight excluding hydrogens is 328 g/mol. The molecule has 136 valence electrons. The van der Waals surface area contributed by atoms with Crippen LogP contribution in [-0.2, 0) is 6.54 Å². The highest BCUT2D eigenvalue weighted by atomic mass is 16.5. The van der Waals surface area contributed by atoms with Gasteiger partial charge in [-0.1, -0.05) is 49.3 Å². The van der Waals surface area contributed by atoms with Crippen LogP contribution in [0.3, 0.4) is 0 Å². The lowest BCUT2D eigenvalue weighted by atomic mass is 9.98. The molecule has 1 unspecified atom stereocenters. The second-order valence-electron chi connectivity index (χ2n) is 7.23. The van der Waals surface area contributed by atoms with Crippen molar-refractivity contribution in [2.45, 2.75) is 45.1 Å². The van der Waals surface area contributed by atoms with Crippen molar-refractivity contribution in [1.29, 1.82) is 0 Å². The summed E-state index contributed by atoms with van der Waals surface area (Å²) in [5.74, 6) is 2.78. The van der Waals surface area contributed by atoms with E-state index >= 15 is 0 Å². The predicted molar refractivity (Wildman–Crippen MR) is 97.6 cm³/mol. The van der Waals surface area contributed by atoms with E-state index in [-0.39, 0.29) is 5.92 Å². The smallest absolute Gasteiger partial charge is 0.231 e. The second-order valence-corrected chi connectivity index (χ2v) is 7.23. The van der Waals surface area contributed by atoms with E-state index < -0.39 is 0 Å². The van der Waals surface area contributed by atoms with Crippen molar-refractivity contribution >= 4 is 0 Å². The third-order valence-corrected chi connectivity index (χ3v) is 4.78. The highest BCUT2D eigenvalue weighted by molar-refractivity contribution is 5.53. The van der Waals surface area contributed by atoms with Crippen molar-refractivity contribution in [3.63, 3.8) is 0 Å². The quantitative estimate of drug-likeness (QED) is 0.684. The highest BCUT2D eigenvalue weighted by Crippen LogP contribution is 2.28. The van der Waals surface area contributed by atoms with E-state index in [0.29, 0.717) is 11.7 Å². The number of rotatable bonds is 5. The molecule has 1 fully saturated rings. The van der Waals surface area contributed by atoms with E-state index in [1.165, 1.54) is 0 Å². The average Bonchev–Trinajstić information content (AvgIpc) is 3.32. The van der Waals surface area contributed by atoms with E-state index in [1.54, 1.807) is 6.26 Å². The van der Waals surface area contributed by atoms with Gasteiger partial charge in [0.25, 0.3) is 0 Å². The zero-order valence-corrected chi connectivity index (χ0v) is 15.3. The Morgan fingerprint density at radius 3 is 2.81 bits per heavy atom. The van der Waals surface area contributed by atoms with Crippen molar-refractivity contribution in [3.8, 4) is 11.4 Å². The molecule has 1 aromatic carbocycles. The molecule has 1 aliphatic rings. The molecule has 3 aromatic rings. The van der Waals surface area contributed by atoms with Gasteiger partial charge < -0.3 is 8.94 Å². The van der Waals surface area contributed by atoms with Gasteiger partial charge in [0.1, 0.15) is 6.26 Å². The first-order valence-electron chi connectivity index (χ1n) is 9.24. The molecule has 3 heterocycles. The molecule has 0 amide bonds. The zero-order chi connectivity index (χ0) is 17.9. The SMILES string of the molecule is CC(C)c1nc(CN2CCCC(c3nc(-c4ccccc4)no3)C2)co1. The molecule has 4 rings (SSSR count). The third-order valence-electron chi connectivity index (χ3n) is 4.78. The lowest BCUT2D eigenvalue weighted by Gasteiger charge is -2.30. The van der Waals surface area contributed by atoms with Crippen LogP contribution in [0.15, 0.2) is 45.5 Å². The molecule has 1 aliphatic heterocycles. The van der Waals surface area contributed by atoms with Gasteiger partial charge in [0.05, 0.1) is 11.6 Å². The van der Waals surface area contributed by atoms with Crippen LogP contribution in [0.4, 0.5) is 0 Å². The molecule has 6 nitrogen and oxygen atoms in total. The Kier molecular flexibility index (Phi) is 4.84. The van der Waals surface area contributed by atoms with Crippen LogP contribution in [0.5, 0.6) is 0 Å². The summed E-state index contributed by atoms with van der Waals surface area (Å²) < 4.78 is 11.1. The van der Waals surface area contributed by atoms with Crippen LogP contribution < -0.4 is 0 Å². The second kappa shape index (κ2) is 7.41. The summed E-state index contributed by atoms with van der Waals surface area (Å²) in [6, 6.07) is 9.95. The third kappa shape index (κ3) is 3.70.